The SMILES string of the molecule is CCCC(C)c1cncc(C#N)c1N. The van der Waals surface area contributed by atoms with Crippen molar-refractivity contribution in [3.05, 3.63) is 23.5 Å². The maximum Gasteiger partial charge on any atom is 0.103 e. The molecule has 1 unspecified atom stereocenters. The molecule has 0 radical (unpaired) electrons. The van der Waals surface area contributed by atoms with Gasteiger partial charge in [0.15, 0.2) is 0 Å². The van der Waals surface area contributed by atoms with Crippen molar-refractivity contribution in [2.45, 2.75) is 32.6 Å². The van der Waals surface area contributed by atoms with Crippen LogP contribution in [0.5, 0.6) is 0 Å². The maximum absolute atomic E-state index is 8.78. The van der Waals surface area contributed by atoms with Crippen molar-refractivity contribution in [2.24, 2.45) is 0 Å². The smallest absolute Gasteiger partial charge is 0.103 e. The number of pyridine rings is 1. The quantitative estimate of drug-likeness (QED) is 0.794. The molecular weight excluding hydrogens is 174 g/mol. The van der Waals surface area contributed by atoms with Crippen molar-refractivity contribution in [1.82, 2.24) is 4.98 Å². The van der Waals surface area contributed by atoms with E-state index in [0.717, 1.165) is 18.4 Å². The Bertz CT molecular complexity index is 352. The van der Waals surface area contributed by atoms with Gasteiger partial charge in [-0.1, -0.05) is 20.3 Å². The summed E-state index contributed by atoms with van der Waals surface area (Å²) in [5.41, 5.74) is 7.92. The minimum absolute atomic E-state index is 0.376. The Balaban J connectivity index is 3.04. The van der Waals surface area contributed by atoms with Crippen LogP contribution < -0.4 is 5.73 Å². The molecule has 1 rings (SSSR count). The first-order valence-electron chi connectivity index (χ1n) is 4.84. The second-order valence-electron chi connectivity index (χ2n) is 3.49. The van der Waals surface area contributed by atoms with Crippen LogP contribution in [0, 0.1) is 11.3 Å². The third kappa shape index (κ3) is 2.02. The van der Waals surface area contributed by atoms with E-state index < -0.39 is 0 Å². The monoisotopic (exact) mass is 189 g/mol. The van der Waals surface area contributed by atoms with Crippen LogP contribution in [0.4, 0.5) is 5.69 Å². The van der Waals surface area contributed by atoms with E-state index >= 15 is 0 Å². The Morgan fingerprint density at radius 1 is 1.57 bits per heavy atom. The Kier molecular flexibility index (Phi) is 3.47. The van der Waals surface area contributed by atoms with Gasteiger partial charge in [0.05, 0.1) is 11.3 Å². The van der Waals surface area contributed by atoms with Crippen molar-refractivity contribution >= 4 is 5.69 Å². The molecule has 3 heteroatoms. The Labute approximate surface area is 84.6 Å². The topological polar surface area (TPSA) is 62.7 Å². The second-order valence-corrected chi connectivity index (χ2v) is 3.49. The van der Waals surface area contributed by atoms with Gasteiger partial charge in [-0.15, -0.1) is 0 Å². The maximum atomic E-state index is 8.78. The highest BCUT2D eigenvalue weighted by molar-refractivity contribution is 5.58. The van der Waals surface area contributed by atoms with E-state index in [-0.39, 0.29) is 0 Å². The molecule has 0 aromatic carbocycles. The standard InChI is InChI=1S/C11H15N3/c1-3-4-8(2)10-7-14-6-9(5-12)11(10)13/h6-8H,3-4H2,1-2H3,(H2,13,14). The fourth-order valence-corrected chi connectivity index (χ4v) is 1.56. The summed E-state index contributed by atoms with van der Waals surface area (Å²) < 4.78 is 0. The van der Waals surface area contributed by atoms with Gasteiger partial charge in [-0.05, 0) is 17.9 Å². The van der Waals surface area contributed by atoms with E-state index in [1.807, 2.05) is 6.07 Å². The van der Waals surface area contributed by atoms with Crippen LogP contribution >= 0.6 is 0 Å². The molecular formula is C11H15N3. The van der Waals surface area contributed by atoms with Gasteiger partial charge in [0.1, 0.15) is 6.07 Å². The molecule has 74 valence electrons. The predicted octanol–water partition coefficient (Wildman–Crippen LogP) is 2.44. The average Bonchev–Trinajstić information content (AvgIpc) is 2.18. The number of hydrogen-bond acceptors (Lipinski definition) is 3. The molecule has 0 saturated heterocycles. The van der Waals surface area contributed by atoms with Crippen molar-refractivity contribution in [3.8, 4) is 6.07 Å². The number of nitriles is 1. The highest BCUT2D eigenvalue weighted by Gasteiger charge is 2.11. The zero-order valence-electron chi connectivity index (χ0n) is 8.62. The van der Waals surface area contributed by atoms with Crippen LogP contribution in [0.2, 0.25) is 0 Å². The second kappa shape index (κ2) is 4.61. The lowest BCUT2D eigenvalue weighted by molar-refractivity contribution is 0.664. The number of aromatic nitrogens is 1. The van der Waals surface area contributed by atoms with Crippen LogP contribution in [0.3, 0.4) is 0 Å². The highest BCUT2D eigenvalue weighted by Crippen LogP contribution is 2.26. The molecule has 14 heavy (non-hydrogen) atoms. The summed E-state index contributed by atoms with van der Waals surface area (Å²) in [5, 5.41) is 8.78. The van der Waals surface area contributed by atoms with Gasteiger partial charge in [-0.2, -0.15) is 5.26 Å². The van der Waals surface area contributed by atoms with Crippen molar-refractivity contribution in [2.75, 3.05) is 5.73 Å². The summed E-state index contributed by atoms with van der Waals surface area (Å²) >= 11 is 0. The third-order valence-corrected chi connectivity index (χ3v) is 2.39. The van der Waals surface area contributed by atoms with Gasteiger partial charge in [-0.25, -0.2) is 0 Å². The average molecular weight is 189 g/mol. The van der Waals surface area contributed by atoms with Gasteiger partial charge < -0.3 is 5.73 Å². The normalized spacial score (nSPS) is 12.1. The van der Waals surface area contributed by atoms with E-state index in [0.29, 0.717) is 17.2 Å². The lowest BCUT2D eigenvalue weighted by atomic mass is 9.95. The molecule has 1 heterocycles. The number of nitrogens with two attached hydrogens (primary N) is 1. The lowest BCUT2D eigenvalue weighted by Gasteiger charge is -2.13. The van der Waals surface area contributed by atoms with Gasteiger partial charge in [0.25, 0.3) is 0 Å². The molecule has 1 atom stereocenters. The van der Waals surface area contributed by atoms with Gasteiger partial charge in [0, 0.05) is 12.4 Å². The molecule has 1 aromatic rings. The van der Waals surface area contributed by atoms with Crippen LogP contribution in [0.15, 0.2) is 12.4 Å². The molecule has 0 aliphatic carbocycles. The first kappa shape index (κ1) is 10.5. The number of hydrogen-bond donors (Lipinski definition) is 1. The van der Waals surface area contributed by atoms with Crippen LogP contribution in [-0.2, 0) is 0 Å². The molecule has 1 aromatic heterocycles. The zero-order chi connectivity index (χ0) is 10.6. The molecule has 0 aliphatic heterocycles. The van der Waals surface area contributed by atoms with Gasteiger partial charge in [-0.3, -0.25) is 4.98 Å². The summed E-state index contributed by atoms with van der Waals surface area (Å²) in [6.07, 6.45) is 5.45. The van der Waals surface area contributed by atoms with Crippen molar-refractivity contribution < 1.29 is 0 Å². The fraction of sp³-hybridized carbons (Fsp3) is 0.455. The summed E-state index contributed by atoms with van der Waals surface area (Å²) in [5.74, 6) is 0.376. The number of nitrogens with zero attached hydrogens (tertiary/aromatic N) is 2. The van der Waals surface area contributed by atoms with E-state index in [9.17, 15) is 0 Å². The number of anilines is 1. The lowest BCUT2D eigenvalue weighted by Crippen LogP contribution is -2.02. The van der Waals surface area contributed by atoms with Crippen molar-refractivity contribution in [1.29, 1.82) is 5.26 Å². The number of rotatable bonds is 3. The Morgan fingerprint density at radius 2 is 2.29 bits per heavy atom. The summed E-state index contributed by atoms with van der Waals surface area (Å²) in [7, 11) is 0. The van der Waals surface area contributed by atoms with Crippen LogP contribution in [-0.4, -0.2) is 4.98 Å². The summed E-state index contributed by atoms with van der Waals surface area (Å²) in [4.78, 5) is 4.02. The first-order valence-corrected chi connectivity index (χ1v) is 4.84. The van der Waals surface area contributed by atoms with Gasteiger partial charge in [0.2, 0.25) is 0 Å². The van der Waals surface area contributed by atoms with E-state index in [4.69, 9.17) is 11.0 Å². The summed E-state index contributed by atoms with van der Waals surface area (Å²) in [6, 6.07) is 2.05. The van der Waals surface area contributed by atoms with E-state index in [1.165, 1.54) is 6.20 Å². The minimum atomic E-state index is 0.376. The molecule has 0 fully saturated rings. The predicted molar refractivity (Wildman–Crippen MR) is 56.7 cm³/mol. The van der Waals surface area contributed by atoms with Crippen LogP contribution in [0.1, 0.15) is 43.7 Å². The fourth-order valence-electron chi connectivity index (χ4n) is 1.56. The molecule has 0 spiro atoms. The minimum Gasteiger partial charge on any atom is -0.397 e. The molecule has 0 aliphatic rings. The molecule has 0 saturated carbocycles. The van der Waals surface area contributed by atoms with E-state index in [1.54, 1.807) is 6.20 Å². The Hall–Kier alpha value is -1.56. The molecule has 2 N–H and O–H groups in total. The molecule has 0 bridgehead atoms. The zero-order valence-corrected chi connectivity index (χ0v) is 8.62. The van der Waals surface area contributed by atoms with E-state index in [2.05, 4.69) is 18.8 Å². The first-order chi connectivity index (χ1) is 6.70. The highest BCUT2D eigenvalue weighted by atomic mass is 14.7. The Morgan fingerprint density at radius 3 is 2.86 bits per heavy atom. The van der Waals surface area contributed by atoms with Crippen LogP contribution in [0.25, 0.3) is 0 Å². The largest absolute Gasteiger partial charge is 0.397 e. The molecule has 3 nitrogen and oxygen atoms in total. The van der Waals surface area contributed by atoms with Crippen molar-refractivity contribution in [3.63, 3.8) is 0 Å². The molecule has 0 amide bonds. The summed E-state index contributed by atoms with van der Waals surface area (Å²) in [6.45, 7) is 4.24. The third-order valence-electron chi connectivity index (χ3n) is 2.39. The van der Waals surface area contributed by atoms with Gasteiger partial charge >= 0.3 is 0 Å². The number of nitrogen functional groups attached to an aromatic ring is 1.